The van der Waals surface area contributed by atoms with E-state index < -0.39 is 0 Å². The Morgan fingerprint density at radius 3 is 2.70 bits per heavy atom. The minimum absolute atomic E-state index is 0.0275. The number of hydrogen-bond acceptors (Lipinski definition) is 2. The molecule has 5 heteroatoms. The molecule has 1 unspecified atom stereocenters. The van der Waals surface area contributed by atoms with Gasteiger partial charge in [0.1, 0.15) is 0 Å². The van der Waals surface area contributed by atoms with Crippen LogP contribution in [0.2, 0.25) is 10.0 Å². The fraction of sp³-hybridized carbons (Fsp3) is 0.533. The van der Waals surface area contributed by atoms with Crippen LogP contribution in [0.25, 0.3) is 0 Å². The van der Waals surface area contributed by atoms with Crippen molar-refractivity contribution < 1.29 is 9.90 Å². The monoisotopic (exact) mass is 315 g/mol. The van der Waals surface area contributed by atoms with Crippen LogP contribution in [0, 0.1) is 11.3 Å². The number of carbonyl (C=O) groups excluding carboxylic acids is 1. The predicted octanol–water partition coefficient (Wildman–Crippen LogP) is 4.85. The van der Waals surface area contributed by atoms with Gasteiger partial charge in [0, 0.05) is 10.9 Å². The molecule has 1 atom stereocenters. The molecule has 2 N–H and O–H groups in total. The summed E-state index contributed by atoms with van der Waals surface area (Å²) >= 11 is 11.8. The van der Waals surface area contributed by atoms with E-state index in [1.165, 1.54) is 12.1 Å². The average molecular weight is 316 g/mol. The van der Waals surface area contributed by atoms with Gasteiger partial charge in [0.05, 0.1) is 10.7 Å². The van der Waals surface area contributed by atoms with Gasteiger partial charge in [-0.25, -0.2) is 0 Å². The summed E-state index contributed by atoms with van der Waals surface area (Å²) in [5.74, 6) is -0.283. The zero-order valence-corrected chi connectivity index (χ0v) is 13.2. The summed E-state index contributed by atoms with van der Waals surface area (Å²) in [4.78, 5) is 12.4. The highest BCUT2D eigenvalue weighted by Crippen LogP contribution is 2.42. The Morgan fingerprint density at radius 1 is 1.35 bits per heavy atom. The molecule has 1 aromatic rings. The number of rotatable bonds is 2. The predicted molar refractivity (Wildman–Crippen MR) is 82.5 cm³/mol. The van der Waals surface area contributed by atoms with Crippen molar-refractivity contribution in [3.8, 4) is 5.75 Å². The number of hydrogen-bond donors (Lipinski definition) is 2. The van der Waals surface area contributed by atoms with Crippen molar-refractivity contribution >= 4 is 34.8 Å². The van der Waals surface area contributed by atoms with Gasteiger partial charge in [-0.1, -0.05) is 49.9 Å². The van der Waals surface area contributed by atoms with Crippen LogP contribution in [0.5, 0.6) is 5.75 Å². The summed E-state index contributed by atoms with van der Waals surface area (Å²) in [6.45, 7) is 4.22. The van der Waals surface area contributed by atoms with E-state index in [0.29, 0.717) is 5.02 Å². The van der Waals surface area contributed by atoms with E-state index in [4.69, 9.17) is 23.2 Å². The molecular formula is C15H19Cl2NO2. The first kappa shape index (κ1) is 15.5. The van der Waals surface area contributed by atoms with Gasteiger partial charge in [-0.2, -0.15) is 0 Å². The van der Waals surface area contributed by atoms with Crippen molar-refractivity contribution in [2.75, 3.05) is 5.32 Å². The average Bonchev–Trinajstić information content (AvgIpc) is 2.34. The summed E-state index contributed by atoms with van der Waals surface area (Å²) in [6.07, 6.45) is 4.12. The third kappa shape index (κ3) is 3.21. The fourth-order valence-electron chi connectivity index (χ4n) is 2.86. The maximum atomic E-state index is 12.4. The molecule has 0 heterocycles. The number of phenols is 1. The molecule has 1 aliphatic carbocycles. The van der Waals surface area contributed by atoms with E-state index in [-0.39, 0.29) is 33.7 Å². The molecule has 0 spiro atoms. The van der Waals surface area contributed by atoms with Crippen LogP contribution >= 0.6 is 23.2 Å². The first-order valence-corrected chi connectivity index (χ1v) is 7.56. The van der Waals surface area contributed by atoms with Crippen LogP contribution in [0.4, 0.5) is 5.69 Å². The first-order chi connectivity index (χ1) is 9.31. The second-order valence-electron chi connectivity index (χ2n) is 6.06. The van der Waals surface area contributed by atoms with Crippen molar-refractivity contribution in [3.63, 3.8) is 0 Å². The molecule has 2 rings (SSSR count). The van der Waals surface area contributed by atoms with E-state index >= 15 is 0 Å². The quantitative estimate of drug-likeness (QED) is 0.766. The lowest BCUT2D eigenvalue weighted by Crippen LogP contribution is -2.37. The van der Waals surface area contributed by atoms with Gasteiger partial charge in [-0.05, 0) is 30.4 Å². The lowest BCUT2D eigenvalue weighted by molar-refractivity contribution is -0.124. The minimum atomic E-state index is -0.141. The number of carbonyl (C=O) groups is 1. The molecule has 0 saturated heterocycles. The van der Waals surface area contributed by atoms with Gasteiger partial charge < -0.3 is 10.4 Å². The highest BCUT2D eigenvalue weighted by Gasteiger charge is 2.37. The lowest BCUT2D eigenvalue weighted by Gasteiger charge is -2.37. The van der Waals surface area contributed by atoms with Gasteiger partial charge in [0.25, 0.3) is 0 Å². The molecule has 1 saturated carbocycles. The molecule has 1 aliphatic rings. The summed E-state index contributed by atoms with van der Waals surface area (Å²) in [5, 5.41) is 13.2. The first-order valence-electron chi connectivity index (χ1n) is 6.80. The normalized spacial score (nSPS) is 21.5. The Labute approximate surface area is 129 Å². The number of nitrogens with one attached hydrogen (secondary N) is 1. The van der Waals surface area contributed by atoms with Crippen LogP contribution in [-0.4, -0.2) is 11.0 Å². The fourth-order valence-corrected chi connectivity index (χ4v) is 3.35. The van der Waals surface area contributed by atoms with Crippen molar-refractivity contribution in [2.45, 2.75) is 39.5 Å². The Morgan fingerprint density at radius 2 is 2.05 bits per heavy atom. The number of benzene rings is 1. The minimum Gasteiger partial charge on any atom is -0.504 e. The van der Waals surface area contributed by atoms with Crippen molar-refractivity contribution in [3.05, 3.63) is 22.2 Å². The number of amides is 1. The molecule has 0 bridgehead atoms. The highest BCUT2D eigenvalue weighted by molar-refractivity contribution is 6.36. The van der Waals surface area contributed by atoms with Gasteiger partial charge in [-0.15, -0.1) is 0 Å². The van der Waals surface area contributed by atoms with Crippen molar-refractivity contribution in [2.24, 2.45) is 11.3 Å². The highest BCUT2D eigenvalue weighted by atomic mass is 35.5. The number of aromatic hydroxyl groups is 1. The molecule has 0 aliphatic heterocycles. The molecule has 0 aromatic heterocycles. The molecule has 1 aromatic carbocycles. The molecule has 3 nitrogen and oxygen atoms in total. The molecule has 20 heavy (non-hydrogen) atoms. The number of halogens is 2. The molecule has 110 valence electrons. The molecular weight excluding hydrogens is 297 g/mol. The van der Waals surface area contributed by atoms with E-state index in [2.05, 4.69) is 19.2 Å². The Kier molecular flexibility index (Phi) is 4.50. The van der Waals surface area contributed by atoms with Crippen LogP contribution in [0.1, 0.15) is 39.5 Å². The van der Waals surface area contributed by atoms with Crippen molar-refractivity contribution in [1.82, 2.24) is 0 Å². The maximum absolute atomic E-state index is 12.4. The van der Waals surface area contributed by atoms with Crippen molar-refractivity contribution in [1.29, 1.82) is 0 Å². The SMILES string of the molecule is CC1(C)CCCCC1C(=O)Nc1cc(Cl)cc(Cl)c1O. The van der Waals surface area contributed by atoms with Crippen LogP contribution in [-0.2, 0) is 4.79 Å². The smallest absolute Gasteiger partial charge is 0.228 e. The van der Waals surface area contributed by atoms with E-state index in [1.54, 1.807) is 0 Å². The Bertz CT molecular complexity index is 529. The zero-order chi connectivity index (χ0) is 14.9. The molecule has 1 fully saturated rings. The lowest BCUT2D eigenvalue weighted by atomic mass is 9.68. The second-order valence-corrected chi connectivity index (χ2v) is 6.90. The zero-order valence-electron chi connectivity index (χ0n) is 11.7. The Balaban J connectivity index is 2.19. The van der Waals surface area contributed by atoms with E-state index in [9.17, 15) is 9.90 Å². The molecule has 0 radical (unpaired) electrons. The summed E-state index contributed by atoms with van der Waals surface area (Å²) in [7, 11) is 0. The standard InChI is InChI=1S/C15H19Cl2NO2/c1-15(2)6-4-3-5-10(15)14(20)18-12-8-9(16)7-11(17)13(12)19/h7-8,10,19H,3-6H2,1-2H3,(H,18,20). The van der Waals surface area contributed by atoms with Gasteiger partial charge in [0.15, 0.2) is 5.75 Å². The van der Waals surface area contributed by atoms with Crippen LogP contribution in [0.3, 0.4) is 0 Å². The number of phenolic OH excluding ortho intramolecular Hbond substituents is 1. The largest absolute Gasteiger partial charge is 0.504 e. The van der Waals surface area contributed by atoms with E-state index in [0.717, 1.165) is 25.7 Å². The topological polar surface area (TPSA) is 49.3 Å². The summed E-state index contributed by atoms with van der Waals surface area (Å²) in [5.41, 5.74) is 0.245. The number of anilines is 1. The van der Waals surface area contributed by atoms with Crippen LogP contribution < -0.4 is 5.32 Å². The maximum Gasteiger partial charge on any atom is 0.228 e. The van der Waals surface area contributed by atoms with Crippen LogP contribution in [0.15, 0.2) is 12.1 Å². The second kappa shape index (κ2) is 5.82. The van der Waals surface area contributed by atoms with Gasteiger partial charge in [-0.3, -0.25) is 4.79 Å². The third-order valence-electron chi connectivity index (χ3n) is 4.11. The molecule has 1 amide bonds. The van der Waals surface area contributed by atoms with Gasteiger partial charge >= 0.3 is 0 Å². The Hall–Kier alpha value is -0.930. The van der Waals surface area contributed by atoms with E-state index in [1.807, 2.05) is 0 Å². The third-order valence-corrected chi connectivity index (χ3v) is 4.62. The summed E-state index contributed by atoms with van der Waals surface area (Å²) in [6, 6.07) is 2.95. The van der Waals surface area contributed by atoms with Gasteiger partial charge in [0.2, 0.25) is 5.91 Å². The summed E-state index contributed by atoms with van der Waals surface area (Å²) < 4.78 is 0.